The molecule has 0 aliphatic carbocycles. The van der Waals surface area contributed by atoms with Gasteiger partial charge >= 0.3 is 5.97 Å². The van der Waals surface area contributed by atoms with Crippen LogP contribution in [-0.2, 0) is 9.53 Å². The summed E-state index contributed by atoms with van der Waals surface area (Å²) in [5.74, 6) is -1.19. The van der Waals surface area contributed by atoms with Gasteiger partial charge in [0.05, 0.1) is 19.1 Å². The summed E-state index contributed by atoms with van der Waals surface area (Å²) in [4.78, 5) is 25.2. The van der Waals surface area contributed by atoms with Crippen molar-refractivity contribution in [2.24, 2.45) is 5.92 Å². The van der Waals surface area contributed by atoms with Crippen LogP contribution in [-0.4, -0.2) is 37.0 Å². The highest BCUT2D eigenvalue weighted by Gasteiger charge is 2.21. The second-order valence-corrected chi connectivity index (χ2v) is 6.01. The minimum absolute atomic E-state index is 0.00473. The molecule has 0 heterocycles. The fourth-order valence-corrected chi connectivity index (χ4v) is 2.24. The van der Waals surface area contributed by atoms with Gasteiger partial charge in [-0.15, -0.1) is 0 Å². The van der Waals surface area contributed by atoms with Crippen molar-refractivity contribution in [1.29, 1.82) is 0 Å². The number of benzene rings is 1. The van der Waals surface area contributed by atoms with Crippen LogP contribution in [0.15, 0.2) is 22.7 Å². The van der Waals surface area contributed by atoms with E-state index in [0.29, 0.717) is 11.0 Å². The largest absolute Gasteiger partial charge is 0.469 e. The van der Waals surface area contributed by atoms with Crippen LogP contribution in [0.3, 0.4) is 0 Å². The molecule has 0 aliphatic rings. The number of esters is 1. The maximum Gasteiger partial charge on any atom is 0.307 e. The Morgan fingerprint density at radius 1 is 1.38 bits per heavy atom. The average Bonchev–Trinajstić information content (AvgIpc) is 2.44. The number of hydrogen-bond acceptors (Lipinski definition) is 3. The Morgan fingerprint density at radius 3 is 2.62 bits per heavy atom. The molecule has 6 heteroatoms. The molecule has 0 radical (unpaired) electrons. The molecule has 21 heavy (non-hydrogen) atoms. The van der Waals surface area contributed by atoms with Crippen molar-refractivity contribution >= 4 is 27.8 Å². The monoisotopic (exact) mass is 359 g/mol. The number of ether oxygens (including phenoxy) is 1. The van der Waals surface area contributed by atoms with Gasteiger partial charge in [-0.05, 0) is 24.1 Å². The minimum Gasteiger partial charge on any atom is -0.469 e. The number of rotatable bonds is 6. The molecule has 1 aromatic carbocycles. The van der Waals surface area contributed by atoms with Crippen LogP contribution in [0, 0.1) is 11.7 Å². The van der Waals surface area contributed by atoms with Crippen LogP contribution in [0.1, 0.15) is 30.6 Å². The third-order valence-electron chi connectivity index (χ3n) is 2.85. The molecule has 0 fully saturated rings. The van der Waals surface area contributed by atoms with Gasteiger partial charge in [0.2, 0.25) is 0 Å². The first-order valence-corrected chi connectivity index (χ1v) is 7.45. The molecule has 0 unspecified atom stereocenters. The summed E-state index contributed by atoms with van der Waals surface area (Å²) in [7, 11) is 1.30. The van der Waals surface area contributed by atoms with Crippen LogP contribution >= 0.6 is 15.9 Å². The summed E-state index contributed by atoms with van der Waals surface area (Å²) < 4.78 is 19.0. The topological polar surface area (TPSA) is 46.6 Å². The third kappa shape index (κ3) is 5.46. The summed E-state index contributed by atoms with van der Waals surface area (Å²) in [6, 6.07) is 4.22. The number of hydrogen-bond donors (Lipinski definition) is 0. The van der Waals surface area contributed by atoms with Crippen molar-refractivity contribution in [3.8, 4) is 0 Å². The van der Waals surface area contributed by atoms with E-state index in [-0.39, 0.29) is 24.4 Å². The zero-order chi connectivity index (χ0) is 16.0. The lowest BCUT2D eigenvalue weighted by atomic mass is 10.1. The predicted octanol–water partition coefficient (Wildman–Crippen LogP) is 3.25. The van der Waals surface area contributed by atoms with Gasteiger partial charge in [0.25, 0.3) is 5.91 Å². The molecule has 0 aliphatic heterocycles. The molecule has 0 spiro atoms. The third-order valence-corrected chi connectivity index (χ3v) is 3.34. The first-order chi connectivity index (χ1) is 9.85. The van der Waals surface area contributed by atoms with Gasteiger partial charge in [0.1, 0.15) is 5.82 Å². The summed E-state index contributed by atoms with van der Waals surface area (Å²) in [6.07, 6.45) is 0.0879. The van der Waals surface area contributed by atoms with Crippen LogP contribution in [0.4, 0.5) is 4.39 Å². The lowest BCUT2D eigenvalue weighted by molar-refractivity contribution is -0.140. The van der Waals surface area contributed by atoms with Gasteiger partial charge < -0.3 is 9.64 Å². The predicted molar refractivity (Wildman–Crippen MR) is 81.5 cm³/mol. The van der Waals surface area contributed by atoms with E-state index in [1.807, 2.05) is 13.8 Å². The van der Waals surface area contributed by atoms with Gasteiger partial charge in [-0.1, -0.05) is 29.8 Å². The summed E-state index contributed by atoms with van der Waals surface area (Å²) in [6.45, 7) is 4.56. The maximum absolute atomic E-state index is 13.8. The minimum atomic E-state index is -0.574. The quantitative estimate of drug-likeness (QED) is 0.732. The van der Waals surface area contributed by atoms with Crippen molar-refractivity contribution < 1.29 is 18.7 Å². The summed E-state index contributed by atoms with van der Waals surface area (Å²) >= 11 is 3.23. The van der Waals surface area contributed by atoms with E-state index in [0.717, 1.165) is 0 Å². The molecule has 0 saturated heterocycles. The van der Waals surface area contributed by atoms with E-state index in [2.05, 4.69) is 20.7 Å². The van der Waals surface area contributed by atoms with Crippen LogP contribution in [0.2, 0.25) is 0 Å². The van der Waals surface area contributed by atoms with Gasteiger partial charge in [0.15, 0.2) is 0 Å². The van der Waals surface area contributed by atoms with Crippen LogP contribution in [0.25, 0.3) is 0 Å². The Kier molecular flexibility index (Phi) is 6.81. The number of nitrogens with zero attached hydrogens (tertiary/aromatic N) is 1. The molecule has 1 aromatic rings. The molecule has 0 atom stereocenters. The smallest absolute Gasteiger partial charge is 0.307 e. The lowest BCUT2D eigenvalue weighted by Gasteiger charge is -2.24. The van der Waals surface area contributed by atoms with E-state index in [4.69, 9.17) is 0 Å². The van der Waals surface area contributed by atoms with E-state index < -0.39 is 17.7 Å². The van der Waals surface area contributed by atoms with Crippen molar-refractivity contribution in [2.75, 3.05) is 20.2 Å². The fourth-order valence-electron chi connectivity index (χ4n) is 1.88. The van der Waals surface area contributed by atoms with E-state index >= 15 is 0 Å². The molecule has 0 N–H and O–H groups in total. The molecule has 0 aromatic heterocycles. The Labute approximate surface area is 132 Å². The first-order valence-electron chi connectivity index (χ1n) is 6.66. The highest BCUT2D eigenvalue weighted by molar-refractivity contribution is 9.10. The van der Waals surface area contributed by atoms with Gasteiger partial charge in [-0.25, -0.2) is 4.39 Å². The van der Waals surface area contributed by atoms with Crippen molar-refractivity contribution in [3.63, 3.8) is 0 Å². The molecule has 1 rings (SSSR count). The maximum atomic E-state index is 13.8. The first kappa shape index (κ1) is 17.6. The number of halogens is 2. The second kappa shape index (κ2) is 8.12. The number of carbonyl (C=O) groups is 2. The molecule has 116 valence electrons. The van der Waals surface area contributed by atoms with Crippen LogP contribution < -0.4 is 0 Å². The molecule has 4 nitrogen and oxygen atoms in total. The number of carbonyl (C=O) groups excluding carboxylic acids is 2. The number of methoxy groups -OCH3 is 1. The second-order valence-electron chi connectivity index (χ2n) is 5.10. The van der Waals surface area contributed by atoms with Crippen LogP contribution in [0.5, 0.6) is 0 Å². The van der Waals surface area contributed by atoms with Gasteiger partial charge in [-0.2, -0.15) is 0 Å². The molecule has 1 amide bonds. The molecular weight excluding hydrogens is 341 g/mol. The molecule has 0 bridgehead atoms. The summed E-state index contributed by atoms with van der Waals surface area (Å²) in [5.41, 5.74) is -0.00473. The van der Waals surface area contributed by atoms with E-state index in [9.17, 15) is 14.0 Å². The molecule has 0 saturated carbocycles. The van der Waals surface area contributed by atoms with Gasteiger partial charge in [-0.3, -0.25) is 9.59 Å². The van der Waals surface area contributed by atoms with Gasteiger partial charge in [0, 0.05) is 17.6 Å². The molecular formula is C15H19BrFNO3. The fraction of sp³-hybridized carbons (Fsp3) is 0.467. The highest BCUT2D eigenvalue weighted by Crippen LogP contribution is 2.18. The summed E-state index contributed by atoms with van der Waals surface area (Å²) in [5, 5.41) is 0. The zero-order valence-corrected chi connectivity index (χ0v) is 13.9. The van der Waals surface area contributed by atoms with E-state index in [1.165, 1.54) is 30.2 Å². The number of amides is 1. The lowest BCUT2D eigenvalue weighted by Crippen LogP contribution is -2.36. The average molecular weight is 360 g/mol. The SMILES string of the molecule is COC(=O)CCN(CC(C)C)C(=O)c1cc(Br)ccc1F. The Morgan fingerprint density at radius 2 is 2.05 bits per heavy atom. The highest BCUT2D eigenvalue weighted by atomic mass is 79.9. The zero-order valence-electron chi connectivity index (χ0n) is 12.4. The Hall–Kier alpha value is -1.43. The normalized spacial score (nSPS) is 10.6. The van der Waals surface area contributed by atoms with Crippen molar-refractivity contribution in [1.82, 2.24) is 4.90 Å². The van der Waals surface area contributed by atoms with Crippen molar-refractivity contribution in [3.05, 3.63) is 34.1 Å². The van der Waals surface area contributed by atoms with E-state index in [1.54, 1.807) is 0 Å². The Balaban J connectivity index is 2.93. The Bertz CT molecular complexity index is 520. The standard InChI is InChI=1S/C15H19BrFNO3/c1-10(2)9-18(7-6-14(19)21-3)15(20)12-8-11(16)4-5-13(12)17/h4-5,8,10H,6-7,9H2,1-3H3. The van der Waals surface area contributed by atoms with Crippen molar-refractivity contribution in [2.45, 2.75) is 20.3 Å².